The molecule has 0 aliphatic carbocycles. The predicted molar refractivity (Wildman–Crippen MR) is 69.1 cm³/mol. The first kappa shape index (κ1) is 11.0. The van der Waals surface area contributed by atoms with Crippen LogP contribution in [0.3, 0.4) is 0 Å². The van der Waals surface area contributed by atoms with Gasteiger partial charge < -0.3 is 16.8 Å². The Kier molecular flexibility index (Phi) is 2.96. The van der Waals surface area contributed by atoms with Crippen molar-refractivity contribution in [2.24, 2.45) is 5.73 Å². The Balaban J connectivity index is 2.26. The van der Waals surface area contributed by atoms with E-state index in [1.807, 2.05) is 30.3 Å². The van der Waals surface area contributed by atoms with Gasteiger partial charge in [-0.05, 0) is 30.3 Å². The van der Waals surface area contributed by atoms with E-state index in [0.717, 1.165) is 11.4 Å². The zero-order chi connectivity index (χ0) is 12.3. The summed E-state index contributed by atoms with van der Waals surface area (Å²) in [5.41, 5.74) is 13.6. The van der Waals surface area contributed by atoms with Crippen LogP contribution < -0.4 is 16.8 Å². The van der Waals surface area contributed by atoms with E-state index in [-0.39, 0.29) is 0 Å². The number of benzene rings is 2. The fraction of sp³-hybridized carbons (Fsp3) is 0. The van der Waals surface area contributed by atoms with E-state index < -0.39 is 5.91 Å². The molecule has 0 aliphatic heterocycles. The molecular weight excluding hydrogens is 214 g/mol. The molecule has 0 heterocycles. The molecule has 0 aliphatic rings. The van der Waals surface area contributed by atoms with Crippen molar-refractivity contribution in [3.8, 4) is 0 Å². The van der Waals surface area contributed by atoms with Crippen molar-refractivity contribution in [2.75, 3.05) is 11.1 Å². The molecule has 0 fully saturated rings. The molecule has 4 heteroatoms. The lowest BCUT2D eigenvalue weighted by Gasteiger charge is -2.09. The van der Waals surface area contributed by atoms with Crippen molar-refractivity contribution < 1.29 is 4.79 Å². The molecule has 0 radical (unpaired) electrons. The van der Waals surface area contributed by atoms with Crippen molar-refractivity contribution in [1.29, 1.82) is 0 Å². The monoisotopic (exact) mass is 227 g/mol. The van der Waals surface area contributed by atoms with Gasteiger partial charge in [-0.1, -0.05) is 18.2 Å². The molecular formula is C13H13N3O. The van der Waals surface area contributed by atoms with Crippen LogP contribution in [0, 0.1) is 0 Å². The number of primary amides is 1. The van der Waals surface area contributed by atoms with Crippen molar-refractivity contribution in [2.45, 2.75) is 0 Å². The summed E-state index contributed by atoms with van der Waals surface area (Å²) in [7, 11) is 0. The molecule has 86 valence electrons. The number of carbonyl (C=O) groups excluding carboxylic acids is 1. The maximum Gasteiger partial charge on any atom is 0.248 e. The molecule has 0 saturated carbocycles. The fourth-order valence-corrected chi connectivity index (χ4v) is 1.51. The highest BCUT2D eigenvalue weighted by atomic mass is 16.1. The highest BCUT2D eigenvalue weighted by Gasteiger charge is 2.04. The molecule has 0 aromatic heterocycles. The Hall–Kier alpha value is -2.49. The first-order chi connectivity index (χ1) is 8.16. The number of para-hydroxylation sites is 1. The van der Waals surface area contributed by atoms with E-state index >= 15 is 0 Å². The van der Waals surface area contributed by atoms with E-state index in [9.17, 15) is 4.79 Å². The van der Waals surface area contributed by atoms with E-state index in [1.165, 1.54) is 0 Å². The van der Waals surface area contributed by atoms with Crippen LogP contribution in [0.5, 0.6) is 0 Å². The number of nitrogens with two attached hydrogens (primary N) is 2. The van der Waals surface area contributed by atoms with Gasteiger partial charge in [-0.15, -0.1) is 0 Å². The third-order valence-electron chi connectivity index (χ3n) is 2.39. The van der Waals surface area contributed by atoms with Gasteiger partial charge in [0.15, 0.2) is 0 Å². The second-order valence-corrected chi connectivity index (χ2v) is 3.66. The van der Waals surface area contributed by atoms with Crippen molar-refractivity contribution in [3.05, 3.63) is 54.1 Å². The number of anilines is 3. The quantitative estimate of drug-likeness (QED) is 0.702. The average molecular weight is 227 g/mol. The minimum Gasteiger partial charge on any atom is -0.397 e. The van der Waals surface area contributed by atoms with Crippen LogP contribution in [-0.2, 0) is 0 Å². The second-order valence-electron chi connectivity index (χ2n) is 3.66. The van der Waals surface area contributed by atoms with Gasteiger partial charge in [0.1, 0.15) is 0 Å². The zero-order valence-corrected chi connectivity index (χ0v) is 9.18. The Morgan fingerprint density at radius 1 is 1.06 bits per heavy atom. The van der Waals surface area contributed by atoms with Crippen LogP contribution in [-0.4, -0.2) is 5.91 Å². The molecule has 0 spiro atoms. The third-order valence-corrected chi connectivity index (χ3v) is 2.39. The lowest BCUT2D eigenvalue weighted by Crippen LogP contribution is -2.11. The van der Waals surface area contributed by atoms with Gasteiger partial charge in [-0.25, -0.2) is 0 Å². The molecule has 5 N–H and O–H groups in total. The smallest absolute Gasteiger partial charge is 0.248 e. The number of carbonyl (C=O) groups is 1. The Labute approximate surface area is 99.2 Å². The zero-order valence-electron chi connectivity index (χ0n) is 9.18. The maximum atomic E-state index is 11.0. The summed E-state index contributed by atoms with van der Waals surface area (Å²) >= 11 is 0. The van der Waals surface area contributed by atoms with Gasteiger partial charge in [0, 0.05) is 11.3 Å². The normalized spacial score (nSPS) is 9.88. The molecule has 0 bridgehead atoms. The minimum absolute atomic E-state index is 0.404. The molecule has 2 aromatic rings. The summed E-state index contributed by atoms with van der Waals surface area (Å²) in [6.07, 6.45) is 0. The van der Waals surface area contributed by atoms with Gasteiger partial charge in [-0.3, -0.25) is 4.79 Å². The van der Waals surface area contributed by atoms with Gasteiger partial charge in [0.2, 0.25) is 5.91 Å². The van der Waals surface area contributed by atoms with Crippen molar-refractivity contribution >= 4 is 23.0 Å². The summed E-state index contributed by atoms with van der Waals surface area (Å²) in [4.78, 5) is 11.0. The van der Waals surface area contributed by atoms with Crippen LogP contribution in [0.1, 0.15) is 10.4 Å². The van der Waals surface area contributed by atoms with Crippen LogP contribution in [0.2, 0.25) is 0 Å². The highest BCUT2D eigenvalue weighted by Crippen LogP contribution is 2.23. The Bertz CT molecular complexity index is 538. The number of rotatable bonds is 3. The summed E-state index contributed by atoms with van der Waals surface area (Å²) in [5.74, 6) is -0.483. The molecule has 17 heavy (non-hydrogen) atoms. The predicted octanol–water partition coefficient (Wildman–Crippen LogP) is 2.11. The SMILES string of the molecule is NC(=O)c1ccc(Nc2ccccc2)c(N)c1. The number of hydrogen-bond acceptors (Lipinski definition) is 3. The van der Waals surface area contributed by atoms with Gasteiger partial charge in [0.05, 0.1) is 11.4 Å². The standard InChI is InChI=1S/C13H13N3O/c14-11-8-9(13(15)17)6-7-12(11)16-10-4-2-1-3-5-10/h1-8,16H,14H2,(H2,15,17). The summed E-state index contributed by atoms with van der Waals surface area (Å²) < 4.78 is 0. The molecule has 2 rings (SSSR count). The van der Waals surface area contributed by atoms with Crippen LogP contribution in [0.25, 0.3) is 0 Å². The highest BCUT2D eigenvalue weighted by molar-refractivity contribution is 5.95. The maximum absolute atomic E-state index is 11.0. The molecule has 0 saturated heterocycles. The number of nitrogens with one attached hydrogen (secondary N) is 1. The number of nitrogen functional groups attached to an aromatic ring is 1. The molecule has 0 unspecified atom stereocenters. The van der Waals surface area contributed by atoms with Crippen molar-refractivity contribution in [3.63, 3.8) is 0 Å². The summed E-state index contributed by atoms with van der Waals surface area (Å²) in [5, 5.41) is 3.16. The first-order valence-electron chi connectivity index (χ1n) is 5.18. The van der Waals surface area contributed by atoms with Gasteiger partial charge in [0.25, 0.3) is 0 Å². The first-order valence-corrected chi connectivity index (χ1v) is 5.18. The van der Waals surface area contributed by atoms with Crippen molar-refractivity contribution in [1.82, 2.24) is 0 Å². The lowest BCUT2D eigenvalue weighted by molar-refractivity contribution is 0.100. The van der Waals surface area contributed by atoms with E-state index in [4.69, 9.17) is 11.5 Å². The Morgan fingerprint density at radius 3 is 2.35 bits per heavy atom. The lowest BCUT2D eigenvalue weighted by atomic mass is 10.1. The van der Waals surface area contributed by atoms with Crippen LogP contribution in [0.15, 0.2) is 48.5 Å². The minimum atomic E-state index is -0.483. The third kappa shape index (κ3) is 2.55. The average Bonchev–Trinajstić information content (AvgIpc) is 2.33. The molecule has 1 amide bonds. The summed E-state index contributed by atoms with van der Waals surface area (Å²) in [6, 6.07) is 14.6. The molecule has 2 aromatic carbocycles. The Morgan fingerprint density at radius 2 is 1.76 bits per heavy atom. The largest absolute Gasteiger partial charge is 0.397 e. The van der Waals surface area contributed by atoms with Gasteiger partial charge >= 0.3 is 0 Å². The molecule has 4 nitrogen and oxygen atoms in total. The topological polar surface area (TPSA) is 81.1 Å². The number of hydrogen-bond donors (Lipinski definition) is 3. The van der Waals surface area contributed by atoms with E-state index in [0.29, 0.717) is 11.3 Å². The van der Waals surface area contributed by atoms with E-state index in [2.05, 4.69) is 5.32 Å². The van der Waals surface area contributed by atoms with E-state index in [1.54, 1.807) is 18.2 Å². The van der Waals surface area contributed by atoms with Crippen LogP contribution >= 0.6 is 0 Å². The second kappa shape index (κ2) is 4.57. The molecule has 0 atom stereocenters. The van der Waals surface area contributed by atoms with Crippen LogP contribution in [0.4, 0.5) is 17.1 Å². The number of amides is 1. The van der Waals surface area contributed by atoms with Gasteiger partial charge in [-0.2, -0.15) is 0 Å². The summed E-state index contributed by atoms with van der Waals surface area (Å²) in [6.45, 7) is 0. The fourth-order valence-electron chi connectivity index (χ4n) is 1.51.